The number of aromatic nitrogens is 4. The van der Waals surface area contributed by atoms with E-state index < -0.39 is 23.2 Å². The van der Waals surface area contributed by atoms with Gasteiger partial charge in [0.2, 0.25) is 5.91 Å². The van der Waals surface area contributed by atoms with E-state index in [0.717, 1.165) is 34.2 Å². The van der Waals surface area contributed by atoms with Crippen molar-refractivity contribution in [3.8, 4) is 5.69 Å². The first-order chi connectivity index (χ1) is 15.8. The summed E-state index contributed by atoms with van der Waals surface area (Å²) in [5.41, 5.74) is 0.637. The maximum absolute atomic E-state index is 13.0. The van der Waals surface area contributed by atoms with Crippen molar-refractivity contribution in [2.24, 2.45) is 0 Å². The van der Waals surface area contributed by atoms with Crippen LogP contribution in [0.2, 0.25) is 0 Å². The molecular formula is C23H20F3N5O2. The van der Waals surface area contributed by atoms with E-state index in [1.54, 1.807) is 12.1 Å². The van der Waals surface area contributed by atoms with Gasteiger partial charge in [0.15, 0.2) is 5.65 Å². The van der Waals surface area contributed by atoms with E-state index in [1.165, 1.54) is 30.2 Å². The molecule has 4 rings (SSSR count). The number of halogens is 3. The highest BCUT2D eigenvalue weighted by molar-refractivity contribution is 5.90. The van der Waals surface area contributed by atoms with Gasteiger partial charge in [0.25, 0.3) is 5.56 Å². The van der Waals surface area contributed by atoms with Crippen LogP contribution >= 0.6 is 0 Å². The van der Waals surface area contributed by atoms with Crippen molar-refractivity contribution < 1.29 is 18.0 Å². The first-order valence-electron chi connectivity index (χ1n) is 10.3. The maximum atomic E-state index is 13.0. The molecule has 2 heterocycles. The van der Waals surface area contributed by atoms with Gasteiger partial charge >= 0.3 is 6.18 Å². The highest BCUT2D eigenvalue weighted by atomic mass is 19.4. The number of hydrogen-bond acceptors (Lipinski definition) is 4. The average Bonchev–Trinajstić information content (AvgIpc) is 3.22. The van der Waals surface area contributed by atoms with Gasteiger partial charge in [0.05, 0.1) is 17.4 Å². The van der Waals surface area contributed by atoms with Crippen LogP contribution in [-0.2, 0) is 23.9 Å². The molecule has 33 heavy (non-hydrogen) atoms. The Hall–Kier alpha value is -3.95. The van der Waals surface area contributed by atoms with Crippen LogP contribution < -0.4 is 10.9 Å². The maximum Gasteiger partial charge on any atom is 0.416 e. The predicted octanol–water partition coefficient (Wildman–Crippen LogP) is 4.19. The number of benzene rings is 2. The number of carbonyl (C=O) groups is 1. The molecule has 2 aromatic carbocycles. The number of amides is 1. The van der Waals surface area contributed by atoms with Crippen LogP contribution in [0.1, 0.15) is 24.5 Å². The summed E-state index contributed by atoms with van der Waals surface area (Å²) >= 11 is 0. The summed E-state index contributed by atoms with van der Waals surface area (Å²) < 4.78 is 41.4. The number of fused-ring (bicyclic) bond motifs is 1. The Balaban J connectivity index is 1.56. The first-order valence-corrected chi connectivity index (χ1v) is 10.3. The van der Waals surface area contributed by atoms with Crippen molar-refractivity contribution in [3.05, 3.63) is 82.5 Å². The minimum absolute atomic E-state index is 0.0895. The van der Waals surface area contributed by atoms with E-state index in [4.69, 9.17) is 0 Å². The number of hydrogen-bond donors (Lipinski definition) is 1. The van der Waals surface area contributed by atoms with Gasteiger partial charge in [-0.1, -0.05) is 31.5 Å². The van der Waals surface area contributed by atoms with Crippen molar-refractivity contribution in [3.63, 3.8) is 0 Å². The minimum atomic E-state index is -4.51. The number of nitrogens with one attached hydrogen (secondary N) is 1. The van der Waals surface area contributed by atoms with Gasteiger partial charge in [-0.05, 0) is 42.3 Å². The third-order valence-corrected chi connectivity index (χ3v) is 5.06. The summed E-state index contributed by atoms with van der Waals surface area (Å²) in [6.45, 7) is 1.81. The molecule has 170 valence electrons. The lowest BCUT2D eigenvalue weighted by Gasteiger charge is -2.10. The van der Waals surface area contributed by atoms with Gasteiger partial charge in [0, 0.05) is 5.69 Å². The molecule has 0 aliphatic rings. The van der Waals surface area contributed by atoms with E-state index in [2.05, 4.69) is 22.3 Å². The number of rotatable bonds is 6. The van der Waals surface area contributed by atoms with Gasteiger partial charge in [-0.15, -0.1) is 0 Å². The molecule has 10 heteroatoms. The number of anilines is 1. The fraction of sp³-hybridized carbons (Fsp3) is 0.217. The number of carbonyl (C=O) groups excluding carboxylic acids is 1. The minimum Gasteiger partial charge on any atom is -0.325 e. The molecule has 0 aliphatic heterocycles. The second-order valence-electron chi connectivity index (χ2n) is 7.51. The molecule has 7 nitrogen and oxygen atoms in total. The SMILES string of the molecule is CCCc1ccc(NC(=O)Cn2cnc3c(cnn3-c3cccc(C(F)(F)F)c3)c2=O)cc1. The topological polar surface area (TPSA) is 81.8 Å². The fourth-order valence-corrected chi connectivity index (χ4v) is 3.46. The van der Waals surface area contributed by atoms with Crippen LogP contribution in [0.25, 0.3) is 16.7 Å². The lowest BCUT2D eigenvalue weighted by molar-refractivity contribution is -0.137. The van der Waals surface area contributed by atoms with E-state index >= 15 is 0 Å². The van der Waals surface area contributed by atoms with Crippen LogP contribution in [0.5, 0.6) is 0 Å². The molecule has 0 spiro atoms. The number of nitrogens with zero attached hydrogens (tertiary/aromatic N) is 4. The molecule has 0 atom stereocenters. The molecule has 0 bridgehead atoms. The summed E-state index contributed by atoms with van der Waals surface area (Å²) in [6, 6.07) is 12.0. The third-order valence-electron chi connectivity index (χ3n) is 5.06. The second kappa shape index (κ2) is 8.89. The smallest absolute Gasteiger partial charge is 0.325 e. The number of aryl methyl sites for hydroxylation is 1. The Morgan fingerprint density at radius 1 is 1.12 bits per heavy atom. The third kappa shape index (κ3) is 4.79. The first kappa shape index (κ1) is 22.3. The van der Waals surface area contributed by atoms with Crippen molar-refractivity contribution in [2.75, 3.05) is 5.32 Å². The molecule has 0 radical (unpaired) electrons. The molecule has 1 amide bonds. The Morgan fingerprint density at radius 2 is 1.88 bits per heavy atom. The largest absolute Gasteiger partial charge is 0.416 e. The molecule has 2 aromatic heterocycles. The van der Waals surface area contributed by atoms with Crippen LogP contribution in [0, 0.1) is 0 Å². The van der Waals surface area contributed by atoms with Crippen LogP contribution in [-0.4, -0.2) is 25.2 Å². The summed E-state index contributed by atoms with van der Waals surface area (Å²) in [7, 11) is 0. The van der Waals surface area contributed by atoms with Crippen molar-refractivity contribution in [2.45, 2.75) is 32.5 Å². The van der Waals surface area contributed by atoms with Crippen molar-refractivity contribution in [1.82, 2.24) is 19.3 Å². The van der Waals surface area contributed by atoms with E-state index in [1.807, 2.05) is 12.1 Å². The van der Waals surface area contributed by atoms with Crippen LogP contribution in [0.4, 0.5) is 18.9 Å². The molecule has 1 N–H and O–H groups in total. The summed E-state index contributed by atoms with van der Waals surface area (Å²) in [4.78, 5) is 29.4. The quantitative estimate of drug-likeness (QED) is 0.473. The van der Waals surface area contributed by atoms with Gasteiger partial charge in [0.1, 0.15) is 18.3 Å². The zero-order chi connectivity index (χ0) is 23.6. The van der Waals surface area contributed by atoms with Gasteiger partial charge in [-0.2, -0.15) is 18.3 Å². The van der Waals surface area contributed by atoms with E-state index in [-0.39, 0.29) is 23.3 Å². The van der Waals surface area contributed by atoms with Crippen molar-refractivity contribution >= 4 is 22.6 Å². The zero-order valence-electron chi connectivity index (χ0n) is 17.6. The Bertz CT molecular complexity index is 1360. The highest BCUT2D eigenvalue weighted by Gasteiger charge is 2.30. The normalized spacial score (nSPS) is 11.6. The summed E-state index contributed by atoms with van der Waals surface area (Å²) in [5.74, 6) is -0.410. The molecular weight excluding hydrogens is 435 g/mol. The Kier molecular flexibility index (Phi) is 5.99. The van der Waals surface area contributed by atoms with Crippen LogP contribution in [0.15, 0.2) is 65.8 Å². The standard InChI is InChI=1S/C23H20F3N5O2/c1-2-4-15-7-9-17(10-8-15)29-20(32)13-30-14-27-21-19(22(30)33)12-28-31(21)18-6-3-5-16(11-18)23(24,25)26/h3,5-12,14H,2,4,13H2,1H3,(H,29,32). The van der Waals surface area contributed by atoms with E-state index in [9.17, 15) is 22.8 Å². The van der Waals surface area contributed by atoms with E-state index in [0.29, 0.717) is 5.69 Å². The Labute approximate surface area is 186 Å². The van der Waals surface area contributed by atoms with Gasteiger partial charge < -0.3 is 5.32 Å². The molecule has 0 unspecified atom stereocenters. The summed E-state index contributed by atoms with van der Waals surface area (Å²) in [6.07, 6.45) is -0.132. The zero-order valence-corrected chi connectivity index (χ0v) is 17.6. The van der Waals surface area contributed by atoms with Gasteiger partial charge in [-0.3, -0.25) is 14.2 Å². The van der Waals surface area contributed by atoms with Crippen molar-refractivity contribution in [1.29, 1.82) is 0 Å². The molecule has 0 fully saturated rings. The Morgan fingerprint density at radius 3 is 2.58 bits per heavy atom. The second-order valence-corrected chi connectivity index (χ2v) is 7.51. The molecule has 0 saturated heterocycles. The molecule has 0 saturated carbocycles. The monoisotopic (exact) mass is 455 g/mol. The molecule has 0 aliphatic carbocycles. The fourth-order valence-electron chi connectivity index (χ4n) is 3.46. The average molecular weight is 455 g/mol. The lowest BCUT2D eigenvalue weighted by Crippen LogP contribution is -2.27. The predicted molar refractivity (Wildman–Crippen MR) is 117 cm³/mol. The molecule has 4 aromatic rings. The van der Waals surface area contributed by atoms with Crippen LogP contribution in [0.3, 0.4) is 0 Å². The number of alkyl halides is 3. The van der Waals surface area contributed by atoms with Gasteiger partial charge in [-0.25, -0.2) is 9.67 Å². The lowest BCUT2D eigenvalue weighted by atomic mass is 10.1. The summed E-state index contributed by atoms with van der Waals surface area (Å²) in [5, 5.41) is 6.86. The highest BCUT2D eigenvalue weighted by Crippen LogP contribution is 2.30.